The number of rotatable bonds is 6. The number of hydrogen-bond acceptors (Lipinski definition) is 2. The number of hydrogen-bond donors (Lipinski definition) is 0. The van der Waals surface area contributed by atoms with E-state index < -0.39 is 27.7 Å². The average Bonchev–Trinajstić information content (AvgIpc) is 2.68. The van der Waals surface area contributed by atoms with E-state index in [1.807, 2.05) is 55.6 Å². The normalized spacial score (nSPS) is 20.5. The van der Waals surface area contributed by atoms with Crippen LogP contribution in [0.25, 0.3) is 0 Å². The van der Waals surface area contributed by atoms with Crippen LogP contribution in [0.15, 0.2) is 66.7 Å². The second-order valence-corrected chi connectivity index (χ2v) is 11.4. The van der Waals surface area contributed by atoms with E-state index in [-0.39, 0.29) is 11.7 Å². The standard InChI is InChI=1S/C24H23Cl2F2N2O2S/c1-30(24(16-3-7-18(25)8-4-16)17-5-9-19(26)10-6-17)14-23(15-30)29(33(2,31)32)22-12-20(27)11-21(28)13-22/h3-13,23-24H,14-15H2,1-2H3/q+1. The lowest BCUT2D eigenvalue weighted by atomic mass is 9.90. The van der Waals surface area contributed by atoms with E-state index in [9.17, 15) is 17.2 Å². The molecule has 0 saturated carbocycles. The predicted octanol–water partition coefficient (Wildman–Crippen LogP) is 5.66. The summed E-state index contributed by atoms with van der Waals surface area (Å²) < 4.78 is 54.6. The number of nitrogens with zero attached hydrogens (tertiary/aromatic N) is 2. The van der Waals surface area contributed by atoms with Gasteiger partial charge in [-0.05, 0) is 36.4 Å². The molecule has 1 saturated heterocycles. The summed E-state index contributed by atoms with van der Waals surface area (Å²) in [5, 5.41) is 1.24. The smallest absolute Gasteiger partial charge is 0.232 e. The number of sulfonamides is 1. The summed E-state index contributed by atoms with van der Waals surface area (Å²) in [5.41, 5.74) is 2.02. The molecule has 0 radical (unpaired) electrons. The zero-order chi connectivity index (χ0) is 24.0. The minimum atomic E-state index is -3.77. The van der Waals surface area contributed by atoms with Crippen molar-refractivity contribution < 1.29 is 21.7 Å². The summed E-state index contributed by atoms with van der Waals surface area (Å²) in [6.07, 6.45) is 1.05. The fraction of sp³-hybridized carbons (Fsp3) is 0.250. The van der Waals surface area contributed by atoms with E-state index in [0.717, 1.165) is 39.9 Å². The van der Waals surface area contributed by atoms with Crippen LogP contribution in [0.2, 0.25) is 10.0 Å². The number of quaternary nitrogens is 1. The molecule has 9 heteroatoms. The molecule has 0 aliphatic carbocycles. The van der Waals surface area contributed by atoms with Crippen molar-refractivity contribution >= 4 is 38.9 Å². The summed E-state index contributed by atoms with van der Waals surface area (Å²) in [6.45, 7) is 0.891. The molecule has 0 spiro atoms. The highest BCUT2D eigenvalue weighted by Gasteiger charge is 2.51. The monoisotopic (exact) mass is 511 g/mol. The molecular formula is C24H23Cl2F2N2O2S+. The Balaban J connectivity index is 1.70. The van der Waals surface area contributed by atoms with Crippen LogP contribution in [0, 0.1) is 11.6 Å². The van der Waals surface area contributed by atoms with Gasteiger partial charge in [-0.25, -0.2) is 17.2 Å². The molecule has 0 amide bonds. The van der Waals surface area contributed by atoms with Crippen LogP contribution < -0.4 is 4.31 Å². The maximum atomic E-state index is 13.9. The molecule has 0 N–H and O–H groups in total. The topological polar surface area (TPSA) is 37.4 Å². The first-order chi connectivity index (χ1) is 15.5. The lowest BCUT2D eigenvalue weighted by Crippen LogP contribution is -2.71. The lowest BCUT2D eigenvalue weighted by Gasteiger charge is -2.54. The molecule has 4 nitrogen and oxygen atoms in total. The van der Waals surface area contributed by atoms with E-state index in [1.54, 1.807) is 0 Å². The van der Waals surface area contributed by atoms with Gasteiger partial charge in [-0.15, -0.1) is 0 Å². The summed E-state index contributed by atoms with van der Waals surface area (Å²) in [7, 11) is -1.73. The van der Waals surface area contributed by atoms with E-state index in [4.69, 9.17) is 23.2 Å². The molecule has 0 unspecified atom stereocenters. The van der Waals surface area contributed by atoms with Gasteiger partial charge in [-0.3, -0.25) is 4.31 Å². The average molecular weight is 512 g/mol. The highest BCUT2D eigenvalue weighted by molar-refractivity contribution is 7.92. The largest absolute Gasteiger partial charge is 0.312 e. The molecular weight excluding hydrogens is 489 g/mol. The maximum absolute atomic E-state index is 13.9. The zero-order valence-corrected chi connectivity index (χ0v) is 20.4. The van der Waals surface area contributed by atoms with Gasteiger partial charge in [-0.2, -0.15) is 0 Å². The first-order valence-electron chi connectivity index (χ1n) is 10.3. The van der Waals surface area contributed by atoms with Crippen LogP contribution in [0.3, 0.4) is 0 Å². The fourth-order valence-electron chi connectivity index (χ4n) is 4.81. The van der Waals surface area contributed by atoms with Crippen LogP contribution in [0.4, 0.5) is 14.5 Å². The van der Waals surface area contributed by atoms with Gasteiger partial charge in [0.1, 0.15) is 36.8 Å². The van der Waals surface area contributed by atoms with Crippen molar-refractivity contribution in [3.8, 4) is 0 Å². The molecule has 0 bridgehead atoms. The van der Waals surface area contributed by atoms with Crippen molar-refractivity contribution in [3.05, 3.63) is 99.5 Å². The second kappa shape index (κ2) is 8.87. The fourth-order valence-corrected chi connectivity index (χ4v) is 6.23. The van der Waals surface area contributed by atoms with Crippen LogP contribution in [-0.4, -0.2) is 45.3 Å². The maximum Gasteiger partial charge on any atom is 0.232 e. The molecule has 1 aliphatic rings. The first kappa shape index (κ1) is 24.0. The zero-order valence-electron chi connectivity index (χ0n) is 18.1. The molecule has 1 fully saturated rings. The van der Waals surface area contributed by atoms with Gasteiger partial charge < -0.3 is 4.48 Å². The Morgan fingerprint density at radius 2 is 1.30 bits per heavy atom. The Bertz CT molecular complexity index is 1200. The number of likely N-dealkylation sites (tertiary alicyclic amines) is 1. The van der Waals surface area contributed by atoms with E-state index in [0.29, 0.717) is 27.6 Å². The van der Waals surface area contributed by atoms with Crippen molar-refractivity contribution in [3.63, 3.8) is 0 Å². The van der Waals surface area contributed by atoms with Crippen molar-refractivity contribution in [2.24, 2.45) is 0 Å². The Labute approximate surface area is 202 Å². The third-order valence-corrected chi connectivity index (χ3v) is 7.77. The van der Waals surface area contributed by atoms with Crippen molar-refractivity contribution in [1.82, 2.24) is 0 Å². The van der Waals surface area contributed by atoms with Gasteiger partial charge in [0, 0.05) is 27.2 Å². The van der Waals surface area contributed by atoms with E-state index in [1.165, 1.54) is 0 Å². The lowest BCUT2D eigenvalue weighted by molar-refractivity contribution is -0.970. The summed E-state index contributed by atoms with van der Waals surface area (Å²) in [5.74, 6) is -1.65. The van der Waals surface area contributed by atoms with Crippen molar-refractivity contribution in [2.45, 2.75) is 12.1 Å². The van der Waals surface area contributed by atoms with Gasteiger partial charge in [0.05, 0.1) is 19.0 Å². The molecule has 174 valence electrons. The predicted molar refractivity (Wildman–Crippen MR) is 128 cm³/mol. The minimum absolute atomic E-state index is 0.0132. The number of benzene rings is 3. The van der Waals surface area contributed by atoms with Crippen molar-refractivity contribution in [1.29, 1.82) is 0 Å². The highest BCUT2D eigenvalue weighted by atomic mass is 35.5. The van der Waals surface area contributed by atoms with E-state index >= 15 is 0 Å². The summed E-state index contributed by atoms with van der Waals surface area (Å²) in [6, 6.07) is 17.3. The minimum Gasteiger partial charge on any atom is -0.312 e. The Kier molecular flexibility index (Phi) is 6.44. The third kappa shape index (κ3) is 5.01. The van der Waals surface area contributed by atoms with Gasteiger partial charge in [-0.1, -0.05) is 47.5 Å². The quantitative estimate of drug-likeness (QED) is 0.400. The van der Waals surface area contributed by atoms with E-state index in [2.05, 4.69) is 0 Å². The molecule has 0 aromatic heterocycles. The van der Waals surface area contributed by atoms with Gasteiger partial charge in [0.2, 0.25) is 10.0 Å². The highest BCUT2D eigenvalue weighted by Crippen LogP contribution is 2.42. The summed E-state index contributed by atoms with van der Waals surface area (Å²) in [4.78, 5) is 0. The first-order valence-corrected chi connectivity index (χ1v) is 12.9. The number of halogens is 4. The van der Waals surface area contributed by atoms with Crippen LogP contribution in [0.5, 0.6) is 0 Å². The Morgan fingerprint density at radius 3 is 1.70 bits per heavy atom. The molecule has 3 aromatic carbocycles. The van der Waals surface area contributed by atoms with Gasteiger partial charge in [0.15, 0.2) is 0 Å². The van der Waals surface area contributed by atoms with Crippen molar-refractivity contribution in [2.75, 3.05) is 30.7 Å². The molecule has 4 rings (SSSR count). The second-order valence-electron chi connectivity index (χ2n) is 8.69. The molecule has 33 heavy (non-hydrogen) atoms. The summed E-state index contributed by atoms with van der Waals surface area (Å²) >= 11 is 12.2. The van der Waals surface area contributed by atoms with Crippen LogP contribution >= 0.6 is 23.2 Å². The Morgan fingerprint density at radius 1 is 0.879 bits per heavy atom. The van der Waals surface area contributed by atoms with Gasteiger partial charge in [0.25, 0.3) is 0 Å². The number of likely N-dealkylation sites (N-methyl/N-ethyl adjacent to an activating group) is 1. The van der Waals surface area contributed by atoms with Crippen LogP contribution in [0.1, 0.15) is 17.2 Å². The molecule has 1 aliphatic heterocycles. The molecule has 0 atom stereocenters. The Hall–Kier alpha value is -2.19. The molecule has 1 heterocycles. The number of anilines is 1. The SMILES string of the molecule is C[N+]1(C(c2ccc(Cl)cc2)c2ccc(Cl)cc2)CC(N(c2cc(F)cc(F)c2)S(C)(=O)=O)C1. The van der Waals surface area contributed by atoms with Gasteiger partial charge >= 0.3 is 0 Å². The third-order valence-electron chi connectivity index (χ3n) is 6.04. The molecule has 3 aromatic rings. The van der Waals surface area contributed by atoms with Crippen LogP contribution in [-0.2, 0) is 10.0 Å².